The zero-order valence-electron chi connectivity index (χ0n) is 12.3. The molecule has 8 nitrogen and oxygen atoms in total. The van der Waals surface area contributed by atoms with E-state index in [-0.39, 0.29) is 17.3 Å². The number of anilines is 2. The van der Waals surface area contributed by atoms with Crippen molar-refractivity contribution >= 4 is 29.6 Å². The number of hydrogen-bond donors (Lipinski definition) is 1. The van der Waals surface area contributed by atoms with Crippen molar-refractivity contribution in [2.24, 2.45) is 0 Å². The Balaban J connectivity index is 1.95. The second kappa shape index (κ2) is 5.88. The number of nitrogen functional groups attached to an aromatic ring is 1. The summed E-state index contributed by atoms with van der Waals surface area (Å²) in [4.78, 5) is 27.3. The molecule has 116 valence electrons. The molecule has 9 heteroatoms. The lowest BCUT2D eigenvalue weighted by molar-refractivity contribution is 0.0240. The molecule has 0 atom stereocenters. The highest BCUT2D eigenvalue weighted by molar-refractivity contribution is 6.28. The molecule has 1 fully saturated rings. The minimum absolute atomic E-state index is 0.0621. The lowest BCUT2D eigenvalue weighted by atomic mass is 10.2. The van der Waals surface area contributed by atoms with E-state index in [4.69, 9.17) is 22.1 Å². The Hall–Kier alpha value is -1.83. The third kappa shape index (κ3) is 4.32. The van der Waals surface area contributed by atoms with Crippen LogP contribution in [0.25, 0.3) is 0 Å². The number of rotatable bonds is 1. The standard InChI is InChI=1S/C12H19ClN6O2/c1-12(2,3)21-11(20)19-6-4-18(5-7-19)10-16-8(13)15-9(14)17-10/h4-7H2,1-3H3,(H2,14,15,16,17). The fourth-order valence-electron chi connectivity index (χ4n) is 1.91. The third-order valence-electron chi connectivity index (χ3n) is 2.83. The van der Waals surface area contributed by atoms with Crippen LogP contribution in [0.4, 0.5) is 16.7 Å². The summed E-state index contributed by atoms with van der Waals surface area (Å²) in [5.74, 6) is 0.510. The number of amides is 1. The Morgan fingerprint density at radius 3 is 2.33 bits per heavy atom. The molecule has 2 heterocycles. The SMILES string of the molecule is CC(C)(C)OC(=O)N1CCN(c2nc(N)nc(Cl)n2)CC1. The average molecular weight is 315 g/mol. The number of carbonyl (C=O) groups excluding carboxylic acids is 1. The van der Waals surface area contributed by atoms with Crippen molar-refractivity contribution in [2.45, 2.75) is 26.4 Å². The van der Waals surface area contributed by atoms with Crippen LogP contribution < -0.4 is 10.6 Å². The van der Waals surface area contributed by atoms with E-state index in [9.17, 15) is 4.79 Å². The van der Waals surface area contributed by atoms with Crippen LogP contribution in [-0.4, -0.2) is 57.7 Å². The molecule has 0 aromatic carbocycles. The molecule has 1 amide bonds. The number of carbonyl (C=O) groups is 1. The minimum atomic E-state index is -0.496. The summed E-state index contributed by atoms with van der Waals surface area (Å²) < 4.78 is 5.34. The van der Waals surface area contributed by atoms with Crippen LogP contribution in [0.15, 0.2) is 0 Å². The van der Waals surface area contributed by atoms with Crippen molar-refractivity contribution in [2.75, 3.05) is 36.8 Å². The van der Waals surface area contributed by atoms with E-state index in [0.29, 0.717) is 32.1 Å². The van der Waals surface area contributed by atoms with Crippen molar-refractivity contribution in [3.05, 3.63) is 5.28 Å². The summed E-state index contributed by atoms with van der Waals surface area (Å²) in [5, 5.41) is 0.0621. The van der Waals surface area contributed by atoms with E-state index in [1.54, 1.807) is 4.90 Å². The highest BCUT2D eigenvalue weighted by Gasteiger charge is 2.27. The number of hydrogen-bond acceptors (Lipinski definition) is 7. The molecule has 0 radical (unpaired) electrons. The Morgan fingerprint density at radius 2 is 1.81 bits per heavy atom. The van der Waals surface area contributed by atoms with Crippen molar-refractivity contribution in [3.8, 4) is 0 Å². The van der Waals surface area contributed by atoms with Gasteiger partial charge in [0, 0.05) is 26.2 Å². The van der Waals surface area contributed by atoms with Gasteiger partial charge in [0.1, 0.15) is 5.60 Å². The summed E-state index contributed by atoms with van der Waals surface area (Å²) in [6.07, 6.45) is -0.310. The van der Waals surface area contributed by atoms with Crippen LogP contribution in [0.5, 0.6) is 0 Å². The third-order valence-corrected chi connectivity index (χ3v) is 3.00. The number of nitrogens with zero attached hydrogens (tertiary/aromatic N) is 5. The zero-order chi connectivity index (χ0) is 15.6. The molecule has 1 saturated heterocycles. The zero-order valence-corrected chi connectivity index (χ0v) is 13.1. The van der Waals surface area contributed by atoms with Gasteiger partial charge in [0.2, 0.25) is 17.2 Å². The fourth-order valence-corrected chi connectivity index (χ4v) is 2.07. The first kappa shape index (κ1) is 15.6. The van der Waals surface area contributed by atoms with Crippen LogP contribution in [0.1, 0.15) is 20.8 Å². The summed E-state index contributed by atoms with van der Waals surface area (Å²) >= 11 is 5.77. The number of aromatic nitrogens is 3. The number of nitrogens with two attached hydrogens (primary N) is 1. The van der Waals surface area contributed by atoms with Gasteiger partial charge < -0.3 is 20.3 Å². The molecular weight excluding hydrogens is 296 g/mol. The van der Waals surface area contributed by atoms with Crippen LogP contribution in [0.2, 0.25) is 5.28 Å². The number of halogens is 1. The molecule has 0 unspecified atom stereocenters. The largest absolute Gasteiger partial charge is 0.444 e. The molecule has 21 heavy (non-hydrogen) atoms. The molecule has 0 spiro atoms. The predicted octanol–water partition coefficient (Wildman–Crippen LogP) is 1.16. The van der Waals surface area contributed by atoms with Gasteiger partial charge in [-0.25, -0.2) is 4.79 Å². The quantitative estimate of drug-likeness (QED) is 0.830. The minimum Gasteiger partial charge on any atom is -0.444 e. The molecule has 2 rings (SSSR count). The predicted molar refractivity (Wildman–Crippen MR) is 79.3 cm³/mol. The number of ether oxygens (including phenoxy) is 1. The molecular formula is C12H19ClN6O2. The molecule has 1 aromatic heterocycles. The van der Waals surface area contributed by atoms with Gasteiger partial charge in [0.15, 0.2) is 0 Å². The summed E-state index contributed by atoms with van der Waals surface area (Å²) in [6, 6.07) is 0. The van der Waals surface area contributed by atoms with Crippen molar-refractivity contribution in [3.63, 3.8) is 0 Å². The summed E-state index contributed by atoms with van der Waals surface area (Å²) in [5.41, 5.74) is 5.06. The van der Waals surface area contributed by atoms with Gasteiger partial charge in [0.25, 0.3) is 0 Å². The second-order valence-electron chi connectivity index (χ2n) is 5.72. The number of piperazine rings is 1. The van der Waals surface area contributed by atoms with Gasteiger partial charge in [0.05, 0.1) is 0 Å². The maximum atomic E-state index is 12.0. The first-order valence-corrected chi connectivity index (χ1v) is 7.02. The first-order valence-electron chi connectivity index (χ1n) is 6.64. The molecule has 0 saturated carbocycles. The smallest absolute Gasteiger partial charge is 0.410 e. The van der Waals surface area contributed by atoms with E-state index < -0.39 is 5.60 Å². The first-order chi connectivity index (χ1) is 9.74. The van der Waals surface area contributed by atoms with Crippen LogP contribution in [-0.2, 0) is 4.74 Å². The van der Waals surface area contributed by atoms with Crippen molar-refractivity contribution in [1.82, 2.24) is 19.9 Å². The Bertz CT molecular complexity index is 505. The molecule has 0 aliphatic carbocycles. The van der Waals surface area contributed by atoms with Crippen molar-refractivity contribution in [1.29, 1.82) is 0 Å². The van der Waals surface area contributed by atoms with Gasteiger partial charge in [-0.1, -0.05) is 0 Å². The summed E-state index contributed by atoms with van der Waals surface area (Å²) in [7, 11) is 0. The van der Waals surface area contributed by atoms with E-state index >= 15 is 0 Å². The lowest BCUT2D eigenvalue weighted by Crippen LogP contribution is -2.50. The van der Waals surface area contributed by atoms with Crippen LogP contribution >= 0.6 is 11.6 Å². The summed E-state index contributed by atoms with van der Waals surface area (Å²) in [6.45, 7) is 7.75. The lowest BCUT2D eigenvalue weighted by Gasteiger charge is -2.35. The van der Waals surface area contributed by atoms with E-state index in [2.05, 4.69) is 15.0 Å². The highest BCUT2D eigenvalue weighted by atomic mass is 35.5. The van der Waals surface area contributed by atoms with Gasteiger partial charge >= 0.3 is 6.09 Å². The van der Waals surface area contributed by atoms with E-state index in [0.717, 1.165) is 0 Å². The molecule has 1 aliphatic heterocycles. The van der Waals surface area contributed by atoms with E-state index in [1.165, 1.54) is 0 Å². The molecule has 1 aliphatic rings. The molecule has 0 bridgehead atoms. The maximum absolute atomic E-state index is 12.0. The Morgan fingerprint density at radius 1 is 1.19 bits per heavy atom. The Labute approximate surface area is 128 Å². The maximum Gasteiger partial charge on any atom is 0.410 e. The highest BCUT2D eigenvalue weighted by Crippen LogP contribution is 2.16. The topological polar surface area (TPSA) is 97.5 Å². The van der Waals surface area contributed by atoms with E-state index in [1.807, 2.05) is 25.7 Å². The van der Waals surface area contributed by atoms with Crippen LogP contribution in [0, 0.1) is 0 Å². The Kier molecular flexibility index (Phi) is 4.36. The van der Waals surface area contributed by atoms with Gasteiger partial charge in [-0.3, -0.25) is 0 Å². The molecule has 2 N–H and O–H groups in total. The fraction of sp³-hybridized carbons (Fsp3) is 0.667. The van der Waals surface area contributed by atoms with Gasteiger partial charge in [-0.05, 0) is 32.4 Å². The van der Waals surface area contributed by atoms with Crippen LogP contribution in [0.3, 0.4) is 0 Å². The average Bonchev–Trinajstić information content (AvgIpc) is 2.35. The monoisotopic (exact) mass is 314 g/mol. The van der Waals surface area contributed by atoms with Gasteiger partial charge in [-0.2, -0.15) is 15.0 Å². The second-order valence-corrected chi connectivity index (χ2v) is 6.06. The normalized spacial score (nSPS) is 16.0. The van der Waals surface area contributed by atoms with Gasteiger partial charge in [-0.15, -0.1) is 0 Å². The van der Waals surface area contributed by atoms with Crippen molar-refractivity contribution < 1.29 is 9.53 Å². The molecule has 1 aromatic rings.